The first kappa shape index (κ1) is 14.1. The lowest BCUT2D eigenvalue weighted by Crippen LogP contribution is -2.44. The second-order valence-corrected chi connectivity index (χ2v) is 4.15. The number of nitrogens with one attached hydrogen (secondary N) is 2. The number of amides is 2. The van der Waals surface area contributed by atoms with E-state index in [2.05, 4.69) is 10.6 Å². The Morgan fingerprint density at radius 2 is 2.07 bits per heavy atom. The zero-order valence-corrected chi connectivity index (χ0v) is 9.89. The maximum absolute atomic E-state index is 11.1. The van der Waals surface area contributed by atoms with Gasteiger partial charge in [-0.25, -0.2) is 4.79 Å². The van der Waals surface area contributed by atoms with Crippen molar-refractivity contribution < 1.29 is 14.7 Å². The van der Waals surface area contributed by atoms with E-state index in [1.54, 1.807) is 11.8 Å². The Morgan fingerprint density at radius 3 is 2.60 bits per heavy atom. The topological polar surface area (TPSA) is 78.4 Å². The summed E-state index contributed by atoms with van der Waals surface area (Å²) in [7, 11) is 0. The van der Waals surface area contributed by atoms with E-state index >= 15 is 0 Å². The second-order valence-electron chi connectivity index (χ2n) is 3.16. The highest BCUT2D eigenvalue weighted by Crippen LogP contribution is 1.97. The molecular weight excluding hydrogens is 216 g/mol. The van der Waals surface area contributed by atoms with Crippen LogP contribution in [0.15, 0.2) is 0 Å². The maximum Gasteiger partial charge on any atom is 0.325 e. The van der Waals surface area contributed by atoms with Gasteiger partial charge >= 0.3 is 12.0 Å². The molecule has 6 heteroatoms. The Morgan fingerprint density at radius 1 is 1.40 bits per heavy atom. The summed E-state index contributed by atoms with van der Waals surface area (Å²) in [5, 5.41) is 13.4. The van der Waals surface area contributed by atoms with Crippen molar-refractivity contribution in [1.82, 2.24) is 10.6 Å². The van der Waals surface area contributed by atoms with E-state index in [1.165, 1.54) is 6.92 Å². The molecule has 0 aromatic rings. The Bertz CT molecular complexity index is 212. The standard InChI is InChI=1S/C9H18N2O3S/c1-7(8(12)13)11-9(14)10-5-3-4-6-15-2/h7H,3-6H2,1-2H3,(H,12,13)(H2,10,11,14)/t7-/m0/s1. The van der Waals surface area contributed by atoms with Crippen LogP contribution in [0.25, 0.3) is 0 Å². The molecule has 0 bridgehead atoms. The van der Waals surface area contributed by atoms with E-state index in [0.29, 0.717) is 6.54 Å². The zero-order chi connectivity index (χ0) is 11.7. The van der Waals surface area contributed by atoms with Crippen molar-refractivity contribution in [2.45, 2.75) is 25.8 Å². The fourth-order valence-corrected chi connectivity index (χ4v) is 1.38. The highest BCUT2D eigenvalue weighted by molar-refractivity contribution is 7.98. The summed E-state index contributed by atoms with van der Waals surface area (Å²) in [6.45, 7) is 2.01. The van der Waals surface area contributed by atoms with Crippen LogP contribution in [-0.2, 0) is 4.79 Å². The number of unbranched alkanes of at least 4 members (excludes halogenated alkanes) is 1. The average molecular weight is 234 g/mol. The molecule has 2 amide bonds. The molecule has 0 rings (SSSR count). The van der Waals surface area contributed by atoms with E-state index in [1.807, 2.05) is 6.26 Å². The van der Waals surface area contributed by atoms with E-state index in [4.69, 9.17) is 5.11 Å². The number of rotatable bonds is 7. The molecular formula is C9H18N2O3S. The van der Waals surface area contributed by atoms with Crippen LogP contribution in [0.5, 0.6) is 0 Å². The lowest BCUT2D eigenvalue weighted by atomic mass is 10.3. The molecule has 0 unspecified atom stereocenters. The molecule has 5 nitrogen and oxygen atoms in total. The molecule has 0 saturated carbocycles. The number of thioether (sulfide) groups is 1. The highest BCUT2D eigenvalue weighted by atomic mass is 32.2. The second kappa shape index (κ2) is 8.40. The smallest absolute Gasteiger partial charge is 0.325 e. The van der Waals surface area contributed by atoms with Crippen molar-refractivity contribution >= 4 is 23.8 Å². The summed E-state index contributed by atoms with van der Waals surface area (Å²) in [5.41, 5.74) is 0. The highest BCUT2D eigenvalue weighted by Gasteiger charge is 2.12. The number of carbonyl (C=O) groups excluding carboxylic acids is 1. The van der Waals surface area contributed by atoms with Crippen LogP contribution in [-0.4, -0.2) is 41.7 Å². The molecule has 0 saturated heterocycles. The number of aliphatic carboxylic acids is 1. The number of carboxylic acids is 1. The van der Waals surface area contributed by atoms with Crippen LogP contribution in [0.1, 0.15) is 19.8 Å². The number of urea groups is 1. The summed E-state index contributed by atoms with van der Waals surface area (Å²) >= 11 is 1.77. The first-order valence-electron chi connectivity index (χ1n) is 4.84. The summed E-state index contributed by atoms with van der Waals surface area (Å²) in [6, 6.07) is -1.27. The zero-order valence-electron chi connectivity index (χ0n) is 9.08. The molecule has 0 aliphatic heterocycles. The Labute approximate surface area is 94.0 Å². The molecule has 0 aromatic heterocycles. The molecule has 0 aromatic carbocycles. The normalized spacial score (nSPS) is 11.9. The minimum absolute atomic E-state index is 0.422. The molecule has 15 heavy (non-hydrogen) atoms. The van der Waals surface area contributed by atoms with Gasteiger partial charge in [0, 0.05) is 6.54 Å². The largest absolute Gasteiger partial charge is 0.480 e. The number of hydrogen-bond donors (Lipinski definition) is 3. The van der Waals surface area contributed by atoms with Crippen LogP contribution in [0.3, 0.4) is 0 Å². The fourth-order valence-electron chi connectivity index (χ4n) is 0.883. The molecule has 1 atom stereocenters. The van der Waals surface area contributed by atoms with Gasteiger partial charge in [0.15, 0.2) is 0 Å². The summed E-state index contributed by atoms with van der Waals surface area (Å²) in [4.78, 5) is 21.5. The van der Waals surface area contributed by atoms with Crippen molar-refractivity contribution in [2.24, 2.45) is 0 Å². The monoisotopic (exact) mass is 234 g/mol. The molecule has 88 valence electrons. The van der Waals surface area contributed by atoms with Gasteiger partial charge in [-0.2, -0.15) is 11.8 Å². The minimum atomic E-state index is -1.03. The van der Waals surface area contributed by atoms with Crippen LogP contribution < -0.4 is 10.6 Å². The van der Waals surface area contributed by atoms with Gasteiger partial charge in [0.1, 0.15) is 6.04 Å². The predicted molar refractivity (Wildman–Crippen MR) is 61.2 cm³/mol. The van der Waals surface area contributed by atoms with Gasteiger partial charge in [-0.15, -0.1) is 0 Å². The maximum atomic E-state index is 11.1. The van der Waals surface area contributed by atoms with Crippen molar-refractivity contribution in [2.75, 3.05) is 18.6 Å². The van der Waals surface area contributed by atoms with Crippen LogP contribution in [0, 0.1) is 0 Å². The van der Waals surface area contributed by atoms with E-state index in [0.717, 1.165) is 18.6 Å². The molecule has 0 spiro atoms. The van der Waals surface area contributed by atoms with Crippen molar-refractivity contribution in [3.63, 3.8) is 0 Å². The van der Waals surface area contributed by atoms with Gasteiger partial charge in [0.25, 0.3) is 0 Å². The van der Waals surface area contributed by atoms with Crippen molar-refractivity contribution in [3.8, 4) is 0 Å². The van der Waals surface area contributed by atoms with Gasteiger partial charge in [0.2, 0.25) is 0 Å². The Kier molecular flexibility index (Phi) is 7.89. The van der Waals surface area contributed by atoms with Gasteiger partial charge < -0.3 is 15.7 Å². The van der Waals surface area contributed by atoms with Gasteiger partial charge in [-0.05, 0) is 31.8 Å². The predicted octanol–water partition coefficient (Wildman–Crippen LogP) is 0.902. The first-order valence-corrected chi connectivity index (χ1v) is 6.23. The van der Waals surface area contributed by atoms with Crippen LogP contribution in [0.4, 0.5) is 4.79 Å². The Balaban J connectivity index is 3.45. The summed E-state index contributed by atoms with van der Waals surface area (Å²) in [6.07, 6.45) is 4.00. The third kappa shape index (κ3) is 8.11. The summed E-state index contributed by atoms with van der Waals surface area (Å²) in [5.74, 6) is 0.0435. The molecule has 0 radical (unpaired) electrons. The fraction of sp³-hybridized carbons (Fsp3) is 0.778. The molecule has 0 heterocycles. The third-order valence-electron chi connectivity index (χ3n) is 1.78. The number of hydrogen-bond acceptors (Lipinski definition) is 3. The minimum Gasteiger partial charge on any atom is -0.480 e. The van der Waals surface area contributed by atoms with Crippen LogP contribution >= 0.6 is 11.8 Å². The average Bonchev–Trinajstić information content (AvgIpc) is 2.17. The SMILES string of the molecule is CSCCCCNC(=O)N[C@@H](C)C(=O)O. The van der Waals surface area contributed by atoms with Gasteiger partial charge in [-0.3, -0.25) is 4.79 Å². The number of carbonyl (C=O) groups is 2. The number of carboxylic acid groups (broad SMARTS) is 1. The van der Waals surface area contributed by atoms with E-state index < -0.39 is 18.0 Å². The lowest BCUT2D eigenvalue weighted by molar-refractivity contribution is -0.138. The van der Waals surface area contributed by atoms with Gasteiger partial charge in [0.05, 0.1) is 0 Å². The summed E-state index contributed by atoms with van der Waals surface area (Å²) < 4.78 is 0. The molecule has 0 fully saturated rings. The van der Waals surface area contributed by atoms with Crippen molar-refractivity contribution in [3.05, 3.63) is 0 Å². The molecule has 0 aliphatic rings. The Hall–Kier alpha value is -0.910. The third-order valence-corrected chi connectivity index (χ3v) is 2.48. The van der Waals surface area contributed by atoms with E-state index in [9.17, 15) is 9.59 Å². The molecule has 3 N–H and O–H groups in total. The first-order chi connectivity index (χ1) is 7.07. The quantitative estimate of drug-likeness (QED) is 0.572. The van der Waals surface area contributed by atoms with E-state index in [-0.39, 0.29) is 0 Å². The van der Waals surface area contributed by atoms with Gasteiger partial charge in [-0.1, -0.05) is 0 Å². The van der Waals surface area contributed by atoms with Crippen LogP contribution in [0.2, 0.25) is 0 Å². The van der Waals surface area contributed by atoms with Crippen molar-refractivity contribution in [1.29, 1.82) is 0 Å². The lowest BCUT2D eigenvalue weighted by Gasteiger charge is -2.10. The molecule has 0 aliphatic carbocycles.